The maximum absolute atomic E-state index is 4.03. The molecule has 0 N–H and O–H groups in total. The van der Waals surface area contributed by atoms with Crippen molar-refractivity contribution >= 4 is 17.4 Å². The summed E-state index contributed by atoms with van der Waals surface area (Å²) in [7, 11) is 0. The molecule has 3 rings (SSSR count). The molecule has 0 aromatic carbocycles. The molecule has 0 radical (unpaired) electrons. The predicted molar refractivity (Wildman–Crippen MR) is 70.8 cm³/mol. The van der Waals surface area contributed by atoms with E-state index in [4.69, 9.17) is 0 Å². The van der Waals surface area contributed by atoms with Gasteiger partial charge in [-0.25, -0.2) is 0 Å². The molecule has 1 nitrogen and oxygen atoms in total. The van der Waals surface area contributed by atoms with E-state index < -0.39 is 0 Å². The molecule has 0 aliphatic heterocycles. The second kappa shape index (κ2) is 3.90. The standard InChI is InChI=1S/C15H13NS/c1-11-12-7-3-4-9-14(12)17-15(11)13-8-5-6-10-16(13)2/h3-10H,2H2,1H3/b15-13+. The first-order valence-electron chi connectivity index (χ1n) is 5.57. The first-order valence-corrected chi connectivity index (χ1v) is 6.39. The smallest absolute Gasteiger partial charge is 0.192 e. The number of nitrogens with zero attached hydrogens (tertiary/aromatic N) is 1. The number of pyridine rings is 1. The average molecular weight is 239 g/mol. The predicted octanol–water partition coefficient (Wildman–Crippen LogP) is 2.17. The Kier molecular flexibility index (Phi) is 2.37. The zero-order valence-corrected chi connectivity index (χ0v) is 10.5. The summed E-state index contributed by atoms with van der Waals surface area (Å²) in [4.78, 5) is 0. The van der Waals surface area contributed by atoms with E-state index in [-0.39, 0.29) is 0 Å². The molecule has 0 saturated heterocycles. The second-order valence-electron chi connectivity index (χ2n) is 4.11. The highest BCUT2D eigenvalue weighted by molar-refractivity contribution is 7.08. The number of aromatic nitrogens is 1. The Morgan fingerprint density at radius 1 is 1.35 bits per heavy atom. The number of allylic oxidation sites excluding steroid dienone is 2. The summed E-state index contributed by atoms with van der Waals surface area (Å²) < 4.78 is 4.57. The molecular formula is C15H13NS. The molecule has 2 heteroatoms. The summed E-state index contributed by atoms with van der Waals surface area (Å²) in [5.41, 5.74) is 2.69. The third-order valence-corrected chi connectivity index (χ3v) is 4.31. The first kappa shape index (κ1) is 10.4. The summed E-state index contributed by atoms with van der Waals surface area (Å²) in [6.07, 6.45) is 10.5. The van der Waals surface area contributed by atoms with E-state index >= 15 is 0 Å². The molecule has 2 aromatic rings. The van der Waals surface area contributed by atoms with Gasteiger partial charge in [0, 0.05) is 12.1 Å². The Morgan fingerprint density at radius 3 is 3.00 bits per heavy atom. The monoisotopic (exact) mass is 239 g/mol. The molecular weight excluding hydrogens is 226 g/mol. The Morgan fingerprint density at radius 2 is 2.24 bits per heavy atom. The normalized spacial score (nSPS) is 14.9. The van der Waals surface area contributed by atoms with E-state index in [1.165, 1.54) is 25.5 Å². The van der Waals surface area contributed by atoms with Crippen molar-refractivity contribution in [1.29, 1.82) is 0 Å². The van der Waals surface area contributed by atoms with Gasteiger partial charge in [0.25, 0.3) is 0 Å². The lowest BCUT2D eigenvalue weighted by molar-refractivity contribution is -0.509. The Bertz CT molecular complexity index is 796. The highest BCUT2D eigenvalue weighted by atomic mass is 32.1. The summed E-state index contributed by atoms with van der Waals surface area (Å²) in [6.45, 7) is 6.21. The third-order valence-electron chi connectivity index (χ3n) is 3.02. The Balaban J connectivity index is 2.55. The molecule has 2 heterocycles. The van der Waals surface area contributed by atoms with Crippen LogP contribution in [-0.4, -0.2) is 0 Å². The zero-order valence-electron chi connectivity index (χ0n) is 9.68. The van der Waals surface area contributed by atoms with E-state index in [0.717, 1.165) is 0 Å². The largest absolute Gasteiger partial charge is 0.217 e. The van der Waals surface area contributed by atoms with Crippen LogP contribution in [0, 0.1) is 29.9 Å². The quantitative estimate of drug-likeness (QED) is 0.491. The van der Waals surface area contributed by atoms with Crippen LogP contribution < -0.4 is 8.78 Å². The fourth-order valence-corrected chi connectivity index (χ4v) is 3.35. The maximum atomic E-state index is 4.03. The summed E-state index contributed by atoms with van der Waals surface area (Å²) in [5, 5.41) is 1.17. The minimum absolute atomic E-state index is 1.17. The van der Waals surface area contributed by atoms with Crippen LogP contribution in [0.3, 0.4) is 0 Å². The third kappa shape index (κ3) is 1.61. The van der Waals surface area contributed by atoms with Crippen LogP contribution in [0.5, 0.6) is 0 Å². The van der Waals surface area contributed by atoms with E-state index in [1.807, 2.05) is 27.8 Å². The van der Waals surface area contributed by atoms with Crippen molar-refractivity contribution in [2.45, 2.75) is 6.92 Å². The number of hydrogen-bond donors (Lipinski definition) is 0. The Hall–Kier alpha value is -1.80. The van der Waals surface area contributed by atoms with Crippen LogP contribution in [0.25, 0.3) is 6.08 Å². The zero-order chi connectivity index (χ0) is 11.8. The average Bonchev–Trinajstić information content (AvgIpc) is 2.68. The van der Waals surface area contributed by atoms with E-state index in [0.29, 0.717) is 0 Å². The van der Waals surface area contributed by atoms with Crippen molar-refractivity contribution in [3.05, 3.63) is 75.2 Å². The fourth-order valence-electron chi connectivity index (χ4n) is 2.10. The van der Waals surface area contributed by atoms with E-state index in [1.54, 1.807) is 0 Å². The van der Waals surface area contributed by atoms with Gasteiger partial charge in [-0.3, -0.25) is 0 Å². The minimum atomic E-state index is 1.17. The van der Waals surface area contributed by atoms with Crippen molar-refractivity contribution in [2.75, 3.05) is 0 Å². The van der Waals surface area contributed by atoms with Gasteiger partial charge in [0.15, 0.2) is 6.20 Å². The first-order chi connectivity index (χ1) is 8.27. The molecule has 0 fully saturated rings. The van der Waals surface area contributed by atoms with Crippen LogP contribution in [0.4, 0.5) is 0 Å². The molecule has 0 amide bonds. The fraction of sp³-hybridized carbons (Fsp3) is 0.0667. The highest BCUT2D eigenvalue weighted by Gasteiger charge is 2.02. The molecule has 0 bridgehead atoms. The van der Waals surface area contributed by atoms with Crippen LogP contribution in [0.15, 0.2) is 36.5 Å². The molecule has 17 heavy (non-hydrogen) atoms. The van der Waals surface area contributed by atoms with Gasteiger partial charge in [-0.1, -0.05) is 17.0 Å². The summed E-state index contributed by atoms with van der Waals surface area (Å²) >= 11 is 1.83. The molecule has 0 saturated carbocycles. The lowest BCUT2D eigenvalue weighted by Gasteiger charge is -2.06. The van der Waals surface area contributed by atoms with Gasteiger partial charge in [0.05, 0.1) is 4.53 Å². The molecule has 1 aliphatic rings. The lowest BCUT2D eigenvalue weighted by atomic mass is 10.1. The van der Waals surface area contributed by atoms with Crippen molar-refractivity contribution < 1.29 is 4.24 Å². The van der Waals surface area contributed by atoms with Gasteiger partial charge in [0.1, 0.15) is 6.72 Å². The number of hydrogen-bond acceptors (Lipinski definition) is 1. The van der Waals surface area contributed by atoms with Gasteiger partial charge >= 0.3 is 0 Å². The number of fused-ring (bicyclic) bond motifs is 1. The minimum Gasteiger partial charge on any atom is -0.192 e. The molecule has 0 spiro atoms. The molecule has 2 aromatic heterocycles. The van der Waals surface area contributed by atoms with Crippen LogP contribution in [-0.2, 0) is 0 Å². The maximum Gasteiger partial charge on any atom is 0.217 e. The van der Waals surface area contributed by atoms with E-state index in [9.17, 15) is 0 Å². The molecule has 0 unspecified atom stereocenters. The van der Waals surface area contributed by atoms with Gasteiger partial charge < -0.3 is 0 Å². The second-order valence-corrected chi connectivity index (χ2v) is 5.16. The Labute approximate surface area is 104 Å². The SMILES string of the molecule is C=[n+]1cccc/c1=c1\sc2c(c1C)[CH-]C=CC=2. The van der Waals surface area contributed by atoms with E-state index in [2.05, 4.69) is 50.4 Å². The van der Waals surface area contributed by atoms with Crippen LogP contribution >= 0.6 is 11.3 Å². The number of thiophene rings is 1. The van der Waals surface area contributed by atoms with Crippen LogP contribution in [0.1, 0.15) is 11.1 Å². The van der Waals surface area contributed by atoms with Crippen molar-refractivity contribution in [3.8, 4) is 0 Å². The van der Waals surface area contributed by atoms with Gasteiger partial charge in [-0.2, -0.15) is 15.6 Å². The van der Waals surface area contributed by atoms with Crippen LogP contribution in [0.2, 0.25) is 0 Å². The van der Waals surface area contributed by atoms with Gasteiger partial charge in [-0.15, -0.1) is 30.2 Å². The highest BCUT2D eigenvalue weighted by Crippen LogP contribution is 2.16. The van der Waals surface area contributed by atoms with Gasteiger partial charge in [-0.05, 0) is 6.07 Å². The van der Waals surface area contributed by atoms with Crippen molar-refractivity contribution in [3.63, 3.8) is 0 Å². The summed E-state index contributed by atoms with van der Waals surface area (Å²) in [6, 6.07) is 6.17. The summed E-state index contributed by atoms with van der Waals surface area (Å²) in [5.74, 6) is 0. The topological polar surface area (TPSA) is 5.90 Å². The number of rotatable bonds is 0. The molecule has 1 aliphatic carbocycles. The lowest BCUT2D eigenvalue weighted by Crippen LogP contribution is -2.14. The van der Waals surface area contributed by atoms with Crippen molar-refractivity contribution in [1.82, 2.24) is 0 Å². The molecule has 84 valence electrons. The molecule has 0 atom stereocenters. The van der Waals surface area contributed by atoms with Gasteiger partial charge in [0.2, 0.25) is 5.35 Å². The van der Waals surface area contributed by atoms with Crippen molar-refractivity contribution in [2.24, 2.45) is 0 Å².